The lowest BCUT2D eigenvalue weighted by Crippen LogP contribution is -2.31. The Balaban J connectivity index is 0.985. The lowest BCUT2D eigenvalue weighted by Gasteiger charge is -2.47. The largest absolute Gasteiger partial charge is 0.309 e. The monoisotopic (exact) mass is 1430 g/mol. The maximum atomic E-state index is 9.90. The quantitative estimate of drug-likeness (QED) is 0.151. The van der Waals surface area contributed by atoms with Crippen LogP contribution in [0.1, 0.15) is 165 Å². The maximum Gasteiger partial charge on any atom is 0.0783 e. The number of fused-ring (bicyclic) bond motifs is 13. The van der Waals surface area contributed by atoms with Crippen molar-refractivity contribution in [2.75, 3.05) is 9.80 Å². The Hall–Kier alpha value is -11.9. The molecule has 5 heterocycles. The van der Waals surface area contributed by atoms with Crippen molar-refractivity contribution in [3.63, 3.8) is 0 Å². The Bertz CT molecular complexity index is 6890. The highest BCUT2D eigenvalue weighted by molar-refractivity contribution is 6.19. The number of nitrogens with zero attached hydrogens (tertiary/aromatic N) is 5. The average molecular weight is 1430 g/mol. The van der Waals surface area contributed by atoms with Crippen LogP contribution in [0.5, 0.6) is 0 Å². The van der Waals surface area contributed by atoms with Crippen LogP contribution >= 0.6 is 0 Å². The molecule has 5 heteroatoms. The minimum absolute atomic E-state index is 0.0147. The van der Waals surface area contributed by atoms with E-state index in [4.69, 9.17) is 2.74 Å². The van der Waals surface area contributed by atoms with Gasteiger partial charge in [0.2, 0.25) is 0 Å². The Morgan fingerprint density at radius 2 is 0.736 bits per heavy atom. The molecular formula is C105H95N5. The molecular weight excluding hydrogens is 1330 g/mol. The van der Waals surface area contributed by atoms with Crippen molar-refractivity contribution in [2.45, 2.75) is 137 Å². The van der Waals surface area contributed by atoms with Crippen LogP contribution in [0, 0.1) is 0 Å². The third-order valence-electron chi connectivity index (χ3n) is 23.4. The van der Waals surface area contributed by atoms with Crippen LogP contribution in [-0.2, 0) is 27.1 Å². The maximum absolute atomic E-state index is 9.90. The third-order valence-corrected chi connectivity index (χ3v) is 23.4. The van der Waals surface area contributed by atoms with E-state index >= 15 is 0 Å². The summed E-state index contributed by atoms with van der Waals surface area (Å²) in [6.07, 6.45) is 0. The Kier molecular flexibility index (Phi) is 13.5. The minimum atomic E-state index is -0.500. The van der Waals surface area contributed by atoms with Crippen LogP contribution in [0.2, 0.25) is 0 Å². The van der Waals surface area contributed by atoms with Gasteiger partial charge in [-0.15, -0.1) is 0 Å². The summed E-state index contributed by atoms with van der Waals surface area (Å²) in [5.41, 5.74) is 26.5. The second-order valence-corrected chi connectivity index (χ2v) is 35.6. The highest BCUT2D eigenvalue weighted by Crippen LogP contribution is 2.65. The first-order chi connectivity index (χ1) is 56.1. The van der Waals surface area contributed by atoms with E-state index in [9.17, 15) is 8.22 Å². The molecule has 14 aromatic carbocycles. The molecule has 19 rings (SSSR count). The van der Waals surface area contributed by atoms with Gasteiger partial charge in [-0.2, -0.15) is 0 Å². The number of benzene rings is 14. The predicted molar refractivity (Wildman–Crippen MR) is 470 cm³/mol. The lowest BCUT2D eigenvalue weighted by molar-refractivity contribution is 0.589. The standard InChI is InChI=1S/C105H95N5/c1-101(2,3)69-48-45-65(46-49-69)68-47-54-90-85(57-68)96-80-53-52-75(106-86-41-27-25-37-76(86)77-38-26-28-42-87(77)106)64-93(80)110(98-81(66-31-19-16-20-32-66)60-72(104(10,11)12)61-82(98)67-33-21-17-22-34-67)95-63-73(105(13,14)15)62-94(97(95)96)109(90)92-44-30-40-79-78-39-29-43-91(99(78)107(100(79)92)74-35-23-18-24-36-74)108-88-55-50-70(102(4,5)6)58-83(88)84-59-71(103(7,8)9)51-56-89(84)108/h16-64,96H,1-15H3/i25D,26D,27D,28D,37D,38D,41D,42D. The topological polar surface area (TPSA) is 21.3 Å². The summed E-state index contributed by atoms with van der Waals surface area (Å²) >= 11 is 0. The molecule has 110 heavy (non-hydrogen) atoms. The number of para-hydroxylation sites is 5. The van der Waals surface area contributed by atoms with Gasteiger partial charge in [0.05, 0.1) is 83.9 Å². The fourth-order valence-electron chi connectivity index (χ4n) is 17.6. The number of aromatic nitrogens is 3. The first-order valence-corrected chi connectivity index (χ1v) is 38.8. The molecule has 0 aliphatic carbocycles. The van der Waals surface area contributed by atoms with Crippen LogP contribution in [0.4, 0.5) is 34.1 Å². The zero-order valence-electron chi connectivity index (χ0n) is 73.5. The second-order valence-electron chi connectivity index (χ2n) is 35.6. The molecule has 5 nitrogen and oxygen atoms in total. The molecule has 2 aliphatic rings. The Morgan fingerprint density at radius 3 is 1.27 bits per heavy atom. The lowest BCUT2D eigenvalue weighted by atomic mass is 9.73. The number of rotatable bonds is 8. The summed E-state index contributed by atoms with van der Waals surface area (Å²) in [5.74, 6) is -0.500. The van der Waals surface area contributed by atoms with E-state index in [2.05, 4.69) is 365 Å². The zero-order valence-corrected chi connectivity index (χ0v) is 65.5. The molecule has 1 unspecified atom stereocenters. The van der Waals surface area contributed by atoms with E-state index in [0.29, 0.717) is 5.69 Å². The highest BCUT2D eigenvalue weighted by atomic mass is 15.2. The molecule has 0 amide bonds. The van der Waals surface area contributed by atoms with Crippen molar-refractivity contribution in [3.8, 4) is 50.4 Å². The summed E-state index contributed by atoms with van der Waals surface area (Å²) in [5, 5.41) is 4.64. The minimum Gasteiger partial charge on any atom is -0.309 e. The first-order valence-electron chi connectivity index (χ1n) is 42.8. The highest BCUT2D eigenvalue weighted by Gasteiger charge is 2.45. The second kappa shape index (κ2) is 24.8. The van der Waals surface area contributed by atoms with Gasteiger partial charge in [0.15, 0.2) is 0 Å². The van der Waals surface area contributed by atoms with Crippen molar-refractivity contribution < 1.29 is 11.0 Å². The summed E-state index contributed by atoms with van der Waals surface area (Å²) in [6, 6.07) is 88.7. The van der Waals surface area contributed by atoms with Gasteiger partial charge in [0.25, 0.3) is 0 Å². The molecule has 0 saturated carbocycles. The van der Waals surface area contributed by atoms with Gasteiger partial charge in [0, 0.05) is 66.3 Å². The van der Waals surface area contributed by atoms with Gasteiger partial charge in [-0.25, -0.2) is 0 Å². The van der Waals surface area contributed by atoms with Crippen molar-refractivity contribution in [2.24, 2.45) is 0 Å². The van der Waals surface area contributed by atoms with Gasteiger partial charge in [-0.1, -0.05) is 292 Å². The molecule has 0 radical (unpaired) electrons. The Morgan fingerprint density at radius 1 is 0.264 bits per heavy atom. The van der Waals surface area contributed by atoms with Crippen molar-refractivity contribution >= 4 is 99.5 Å². The van der Waals surface area contributed by atoms with Crippen LogP contribution in [0.25, 0.3) is 116 Å². The molecule has 540 valence electrons. The molecule has 17 aromatic rings. The van der Waals surface area contributed by atoms with Gasteiger partial charge < -0.3 is 23.5 Å². The van der Waals surface area contributed by atoms with Gasteiger partial charge in [-0.05, 0) is 197 Å². The van der Waals surface area contributed by atoms with Crippen molar-refractivity contribution in [3.05, 3.63) is 342 Å². The zero-order chi connectivity index (χ0) is 82.8. The normalized spacial score (nSPS) is 15.0. The predicted octanol–water partition coefficient (Wildman–Crippen LogP) is 29.2. The SMILES string of the molecule is [2H]c1c([2H])c([2H])c2c(c1[2H])c1c([2H])c([2H])c([2H])c([2H])c1n2-c1ccc2c(c1)N(c1c(-c3ccccc3)cc(C(C)(C)C)cc1-c1ccccc1)c1cc(C(C)(C)C)cc3c1C2c1cc(-c2ccc(C(C)(C)C)cc2)ccc1N3c1cccc2c3cccc(-n4c5ccc(C(C)(C)C)cc5c5cc(C(C)(C)C)ccc54)c3n(-c3ccccc3)c12. The third kappa shape index (κ3) is 10.9. The number of anilines is 6. The summed E-state index contributed by atoms with van der Waals surface area (Å²) in [6.45, 7) is 34.2. The van der Waals surface area contributed by atoms with E-state index in [1.54, 1.807) is 4.57 Å². The number of hydrogen-bond acceptors (Lipinski definition) is 2. The van der Waals surface area contributed by atoms with Gasteiger partial charge in [0.1, 0.15) is 0 Å². The van der Waals surface area contributed by atoms with Gasteiger partial charge >= 0.3 is 0 Å². The van der Waals surface area contributed by atoms with Crippen LogP contribution in [-0.4, -0.2) is 13.7 Å². The van der Waals surface area contributed by atoms with E-state index in [1.807, 2.05) is 6.07 Å². The number of hydrogen-bond donors (Lipinski definition) is 0. The summed E-state index contributed by atoms with van der Waals surface area (Å²) < 4.78 is 82.7. The van der Waals surface area contributed by atoms with Crippen molar-refractivity contribution in [1.82, 2.24) is 13.7 Å². The molecule has 0 saturated heterocycles. The van der Waals surface area contributed by atoms with Gasteiger partial charge in [-0.3, -0.25) is 0 Å². The van der Waals surface area contributed by atoms with E-state index < -0.39 is 35.5 Å². The fraction of sp³-hybridized carbons (Fsp3) is 0.200. The molecule has 0 spiro atoms. The molecule has 1 atom stereocenters. The van der Waals surface area contributed by atoms with E-state index in [1.165, 1.54) is 27.5 Å². The van der Waals surface area contributed by atoms with Crippen molar-refractivity contribution in [1.29, 1.82) is 0 Å². The fourth-order valence-corrected chi connectivity index (χ4v) is 17.6. The average Bonchev–Trinajstić information content (AvgIpc) is 0.909. The Labute approximate surface area is 659 Å². The van der Waals surface area contributed by atoms with Crippen LogP contribution in [0.15, 0.2) is 297 Å². The molecule has 3 aromatic heterocycles. The molecule has 0 bridgehead atoms. The smallest absolute Gasteiger partial charge is 0.0783 e. The summed E-state index contributed by atoms with van der Waals surface area (Å²) in [7, 11) is 0. The molecule has 0 N–H and O–H groups in total. The first kappa shape index (κ1) is 60.0. The van der Waals surface area contributed by atoms with Crippen LogP contribution < -0.4 is 9.80 Å². The molecule has 2 aliphatic heterocycles. The van der Waals surface area contributed by atoms with E-state index in [-0.39, 0.29) is 67.6 Å². The van der Waals surface area contributed by atoms with Crippen LogP contribution in [0.3, 0.4) is 0 Å². The molecule has 0 fully saturated rings. The van der Waals surface area contributed by atoms with E-state index in [0.717, 1.165) is 140 Å². The summed E-state index contributed by atoms with van der Waals surface area (Å²) in [4.78, 5) is 5.05.